The van der Waals surface area contributed by atoms with Gasteiger partial charge < -0.3 is 9.72 Å². The van der Waals surface area contributed by atoms with Gasteiger partial charge in [-0.2, -0.15) is 13.2 Å². The van der Waals surface area contributed by atoms with Crippen LogP contribution in [-0.4, -0.2) is 33.6 Å². The standard InChI is InChI=1S/C18H20F3N3O/c19-18(20,21)13-2-1-3-15(9-13)25-11-16-12-4-5-14(8-12)24(16)10-17-22-6-7-23-17/h1-3,6-7,9,12,14,16H,4-5,8,10-11H2,(H,22,23)/t12-,14-,16+/m1/s1. The molecule has 2 heterocycles. The van der Waals surface area contributed by atoms with Gasteiger partial charge in [0, 0.05) is 24.5 Å². The van der Waals surface area contributed by atoms with Gasteiger partial charge in [0.15, 0.2) is 0 Å². The first kappa shape index (κ1) is 16.4. The number of benzene rings is 1. The number of aromatic nitrogens is 2. The number of alkyl halides is 3. The number of H-pyrrole nitrogens is 1. The van der Waals surface area contributed by atoms with Gasteiger partial charge >= 0.3 is 6.18 Å². The molecule has 4 rings (SSSR count). The lowest BCUT2D eigenvalue weighted by atomic mass is 9.99. The maximum absolute atomic E-state index is 12.8. The van der Waals surface area contributed by atoms with Crippen molar-refractivity contribution in [2.75, 3.05) is 6.61 Å². The first-order valence-corrected chi connectivity index (χ1v) is 8.55. The fourth-order valence-electron chi connectivity index (χ4n) is 4.16. The summed E-state index contributed by atoms with van der Waals surface area (Å²) in [7, 11) is 0. The van der Waals surface area contributed by atoms with E-state index in [1.807, 2.05) is 0 Å². The summed E-state index contributed by atoms with van der Waals surface area (Å²) >= 11 is 0. The Morgan fingerprint density at radius 1 is 1.28 bits per heavy atom. The summed E-state index contributed by atoms with van der Waals surface area (Å²) in [5, 5.41) is 0. The molecular weight excluding hydrogens is 331 g/mol. The van der Waals surface area contributed by atoms with Gasteiger partial charge in [0.1, 0.15) is 18.2 Å². The fraction of sp³-hybridized carbons (Fsp3) is 0.500. The van der Waals surface area contributed by atoms with Crippen molar-refractivity contribution in [1.82, 2.24) is 14.9 Å². The molecule has 0 spiro atoms. The summed E-state index contributed by atoms with van der Waals surface area (Å²) in [4.78, 5) is 9.80. The van der Waals surface area contributed by atoms with Gasteiger partial charge in [-0.25, -0.2) is 4.98 Å². The molecule has 2 aliphatic rings. The normalized spacial score (nSPS) is 26.3. The van der Waals surface area contributed by atoms with Crippen molar-refractivity contribution >= 4 is 0 Å². The number of imidazole rings is 1. The molecule has 0 amide bonds. The summed E-state index contributed by atoms with van der Waals surface area (Å²) in [5.41, 5.74) is -0.676. The van der Waals surface area contributed by atoms with Crippen LogP contribution in [0, 0.1) is 5.92 Å². The molecule has 0 unspecified atom stereocenters. The molecule has 25 heavy (non-hydrogen) atoms. The summed E-state index contributed by atoms with van der Waals surface area (Å²) < 4.78 is 44.2. The average molecular weight is 351 g/mol. The highest BCUT2D eigenvalue weighted by Crippen LogP contribution is 2.43. The van der Waals surface area contributed by atoms with Crippen LogP contribution in [0.3, 0.4) is 0 Å². The van der Waals surface area contributed by atoms with Gasteiger partial charge in [-0.3, -0.25) is 4.90 Å². The Kier molecular flexibility index (Phi) is 4.19. The van der Waals surface area contributed by atoms with E-state index in [-0.39, 0.29) is 11.8 Å². The Balaban J connectivity index is 1.44. The third-order valence-corrected chi connectivity index (χ3v) is 5.35. The van der Waals surface area contributed by atoms with Crippen molar-refractivity contribution in [3.8, 4) is 5.75 Å². The Morgan fingerprint density at radius 3 is 2.92 bits per heavy atom. The third-order valence-electron chi connectivity index (χ3n) is 5.35. The van der Waals surface area contributed by atoms with E-state index in [4.69, 9.17) is 4.74 Å². The van der Waals surface area contributed by atoms with E-state index < -0.39 is 11.7 Å². The number of halogens is 3. The van der Waals surface area contributed by atoms with Crippen molar-refractivity contribution in [3.63, 3.8) is 0 Å². The van der Waals surface area contributed by atoms with Gasteiger partial charge in [-0.15, -0.1) is 0 Å². The maximum Gasteiger partial charge on any atom is 0.416 e. The first-order chi connectivity index (χ1) is 12.0. The number of aromatic amines is 1. The number of nitrogens with zero attached hydrogens (tertiary/aromatic N) is 2. The van der Waals surface area contributed by atoms with Crippen LogP contribution < -0.4 is 4.74 Å². The molecule has 3 atom stereocenters. The first-order valence-electron chi connectivity index (χ1n) is 8.55. The van der Waals surface area contributed by atoms with E-state index in [9.17, 15) is 13.2 Å². The van der Waals surface area contributed by atoms with Crippen LogP contribution in [0.4, 0.5) is 13.2 Å². The third kappa shape index (κ3) is 3.38. The Hall–Kier alpha value is -2.02. The molecule has 7 heteroatoms. The molecule has 1 saturated carbocycles. The van der Waals surface area contributed by atoms with E-state index in [1.165, 1.54) is 12.5 Å². The molecule has 1 aliphatic carbocycles. The average Bonchev–Trinajstić information content (AvgIpc) is 3.30. The molecule has 2 aromatic rings. The van der Waals surface area contributed by atoms with Crippen LogP contribution in [-0.2, 0) is 12.7 Å². The molecule has 2 bridgehead atoms. The number of nitrogens with one attached hydrogen (secondary N) is 1. The molecule has 1 aromatic heterocycles. The minimum atomic E-state index is -4.35. The zero-order valence-electron chi connectivity index (χ0n) is 13.7. The molecule has 4 nitrogen and oxygen atoms in total. The number of likely N-dealkylation sites (tertiary alicyclic amines) is 1. The van der Waals surface area contributed by atoms with Gasteiger partial charge in [0.05, 0.1) is 12.1 Å². The van der Waals surface area contributed by atoms with Crippen LogP contribution in [0.25, 0.3) is 0 Å². The van der Waals surface area contributed by atoms with Crippen molar-refractivity contribution in [3.05, 3.63) is 48.0 Å². The highest BCUT2D eigenvalue weighted by molar-refractivity contribution is 5.30. The molecule has 134 valence electrons. The molecular formula is C18H20F3N3O. The Bertz CT molecular complexity index is 717. The van der Waals surface area contributed by atoms with Gasteiger partial charge in [-0.1, -0.05) is 6.07 Å². The highest BCUT2D eigenvalue weighted by Gasteiger charge is 2.46. The molecule has 1 N–H and O–H groups in total. The minimum Gasteiger partial charge on any atom is -0.492 e. The van der Waals surface area contributed by atoms with Crippen LogP contribution in [0.15, 0.2) is 36.7 Å². The van der Waals surface area contributed by atoms with Crippen LogP contribution in [0.2, 0.25) is 0 Å². The Morgan fingerprint density at radius 2 is 2.16 bits per heavy atom. The SMILES string of the molecule is FC(F)(F)c1cccc(OC[C@H]2[C@@H]3CC[C@H](C3)N2Cc2ncc[nH]2)c1. The number of hydrogen-bond acceptors (Lipinski definition) is 3. The highest BCUT2D eigenvalue weighted by atomic mass is 19.4. The topological polar surface area (TPSA) is 41.1 Å². The second-order valence-corrected chi connectivity index (χ2v) is 6.84. The lowest BCUT2D eigenvalue weighted by Gasteiger charge is -2.34. The van der Waals surface area contributed by atoms with Crippen molar-refractivity contribution in [2.45, 2.75) is 44.1 Å². The van der Waals surface area contributed by atoms with Crippen LogP contribution in [0.5, 0.6) is 5.75 Å². The van der Waals surface area contributed by atoms with E-state index in [1.54, 1.807) is 18.5 Å². The van der Waals surface area contributed by atoms with E-state index in [0.717, 1.165) is 37.3 Å². The van der Waals surface area contributed by atoms with Gasteiger partial charge in [0.25, 0.3) is 0 Å². The van der Waals surface area contributed by atoms with Gasteiger partial charge in [-0.05, 0) is 43.4 Å². The summed E-state index contributed by atoms with van der Waals surface area (Å²) in [6, 6.07) is 5.85. The molecule has 0 radical (unpaired) electrons. The molecule has 1 aromatic carbocycles. The number of rotatable bonds is 5. The quantitative estimate of drug-likeness (QED) is 0.889. The zero-order valence-corrected chi connectivity index (χ0v) is 13.7. The minimum absolute atomic E-state index is 0.221. The lowest BCUT2D eigenvalue weighted by Crippen LogP contribution is -2.43. The maximum atomic E-state index is 12.8. The monoisotopic (exact) mass is 351 g/mol. The zero-order chi connectivity index (χ0) is 17.4. The second-order valence-electron chi connectivity index (χ2n) is 6.84. The smallest absolute Gasteiger partial charge is 0.416 e. The largest absolute Gasteiger partial charge is 0.492 e. The molecule has 1 aliphatic heterocycles. The molecule has 2 fully saturated rings. The van der Waals surface area contributed by atoms with Crippen molar-refractivity contribution in [1.29, 1.82) is 0 Å². The summed E-state index contributed by atoms with van der Waals surface area (Å²) in [5.74, 6) is 1.73. The second kappa shape index (κ2) is 6.37. The van der Waals surface area contributed by atoms with E-state index in [2.05, 4.69) is 14.9 Å². The lowest BCUT2D eigenvalue weighted by molar-refractivity contribution is -0.137. The number of ether oxygens (including phenoxy) is 1. The van der Waals surface area contributed by atoms with E-state index in [0.29, 0.717) is 18.6 Å². The summed E-state index contributed by atoms with van der Waals surface area (Å²) in [6.07, 6.45) is 2.66. The predicted octanol–water partition coefficient (Wildman–Crippen LogP) is 3.86. The number of piperidine rings is 1. The Labute approximate surface area is 144 Å². The molecule has 1 saturated heterocycles. The van der Waals surface area contributed by atoms with Crippen molar-refractivity contribution < 1.29 is 17.9 Å². The van der Waals surface area contributed by atoms with Gasteiger partial charge in [0.2, 0.25) is 0 Å². The van der Waals surface area contributed by atoms with Crippen LogP contribution in [0.1, 0.15) is 30.7 Å². The van der Waals surface area contributed by atoms with E-state index >= 15 is 0 Å². The number of fused-ring (bicyclic) bond motifs is 2. The van der Waals surface area contributed by atoms with Crippen LogP contribution >= 0.6 is 0 Å². The predicted molar refractivity (Wildman–Crippen MR) is 86.0 cm³/mol. The van der Waals surface area contributed by atoms with Crippen molar-refractivity contribution in [2.24, 2.45) is 5.92 Å². The fourth-order valence-corrected chi connectivity index (χ4v) is 4.16. The number of hydrogen-bond donors (Lipinski definition) is 1. The summed E-state index contributed by atoms with van der Waals surface area (Å²) in [6.45, 7) is 1.13.